The molecule has 0 radical (unpaired) electrons. The monoisotopic (exact) mass is 248 g/mol. The third-order valence-corrected chi connectivity index (χ3v) is 3.17. The first-order valence-electron chi connectivity index (χ1n) is 5.71. The van der Waals surface area contributed by atoms with Crippen molar-refractivity contribution in [3.63, 3.8) is 0 Å². The van der Waals surface area contributed by atoms with Crippen LogP contribution >= 0.6 is 11.6 Å². The quantitative estimate of drug-likeness (QED) is 0.854. The fourth-order valence-electron chi connectivity index (χ4n) is 2.03. The van der Waals surface area contributed by atoms with Gasteiger partial charge in [0.2, 0.25) is 5.95 Å². The first-order chi connectivity index (χ1) is 8.31. The van der Waals surface area contributed by atoms with E-state index in [0.29, 0.717) is 17.0 Å². The van der Waals surface area contributed by atoms with E-state index >= 15 is 0 Å². The van der Waals surface area contributed by atoms with Crippen molar-refractivity contribution in [1.29, 1.82) is 0 Å². The van der Waals surface area contributed by atoms with E-state index in [9.17, 15) is 0 Å². The Morgan fingerprint density at radius 2 is 2.35 bits per heavy atom. The minimum absolute atomic E-state index is 0.423. The molecule has 0 bridgehead atoms. The van der Waals surface area contributed by atoms with Crippen molar-refractivity contribution in [2.45, 2.75) is 12.5 Å². The normalized spacial score (nSPS) is 19.7. The van der Waals surface area contributed by atoms with Gasteiger partial charge in [-0.05, 0) is 31.2 Å². The fraction of sp³-hybridized carbons (Fsp3) is 0.333. The van der Waals surface area contributed by atoms with Crippen molar-refractivity contribution in [1.82, 2.24) is 15.3 Å². The molecule has 0 aliphatic carbocycles. The van der Waals surface area contributed by atoms with Crippen LogP contribution in [0, 0.1) is 0 Å². The number of fused-ring (bicyclic) bond motifs is 1. The highest BCUT2D eigenvalue weighted by molar-refractivity contribution is 6.31. The maximum Gasteiger partial charge on any atom is 0.223 e. The maximum absolute atomic E-state index is 5.95. The van der Waals surface area contributed by atoms with Crippen LogP contribution in [0.5, 0.6) is 0 Å². The molecule has 1 aliphatic heterocycles. The number of benzene rings is 1. The lowest BCUT2D eigenvalue weighted by atomic mass is 10.2. The van der Waals surface area contributed by atoms with Gasteiger partial charge >= 0.3 is 0 Å². The molecule has 4 nitrogen and oxygen atoms in total. The minimum atomic E-state index is 0.423. The van der Waals surface area contributed by atoms with E-state index in [4.69, 9.17) is 11.6 Å². The van der Waals surface area contributed by atoms with E-state index in [-0.39, 0.29) is 0 Å². The van der Waals surface area contributed by atoms with Gasteiger partial charge < -0.3 is 10.6 Å². The molecule has 0 spiro atoms. The zero-order valence-electron chi connectivity index (χ0n) is 9.28. The van der Waals surface area contributed by atoms with Crippen molar-refractivity contribution in [3.05, 3.63) is 29.4 Å². The van der Waals surface area contributed by atoms with Gasteiger partial charge in [-0.25, -0.2) is 9.97 Å². The zero-order chi connectivity index (χ0) is 11.7. The molecule has 88 valence electrons. The highest BCUT2D eigenvalue weighted by atomic mass is 35.5. The summed E-state index contributed by atoms with van der Waals surface area (Å²) in [7, 11) is 0. The average Bonchev–Trinajstić information content (AvgIpc) is 2.81. The van der Waals surface area contributed by atoms with Crippen molar-refractivity contribution >= 4 is 28.5 Å². The largest absolute Gasteiger partial charge is 0.350 e. The minimum Gasteiger partial charge on any atom is -0.350 e. The maximum atomic E-state index is 5.95. The summed E-state index contributed by atoms with van der Waals surface area (Å²) >= 11 is 5.95. The van der Waals surface area contributed by atoms with Crippen LogP contribution in [0.3, 0.4) is 0 Å². The number of hydrogen-bond donors (Lipinski definition) is 2. The Kier molecular flexibility index (Phi) is 2.82. The van der Waals surface area contributed by atoms with Crippen LogP contribution in [0.4, 0.5) is 5.95 Å². The van der Waals surface area contributed by atoms with Crippen LogP contribution in [-0.2, 0) is 0 Å². The topological polar surface area (TPSA) is 49.8 Å². The Labute approximate surface area is 104 Å². The van der Waals surface area contributed by atoms with Crippen molar-refractivity contribution in [2.24, 2.45) is 0 Å². The summed E-state index contributed by atoms with van der Waals surface area (Å²) in [5.74, 6) is 0.675. The number of anilines is 1. The lowest BCUT2D eigenvalue weighted by Crippen LogP contribution is -2.23. The van der Waals surface area contributed by atoms with Gasteiger partial charge in [0.1, 0.15) is 0 Å². The standard InChI is InChI=1S/C12H13ClN4/c13-9-2-1-8-6-15-12(17-11(8)5-9)16-10-3-4-14-7-10/h1-2,5-6,10,14H,3-4,7H2,(H,15,16,17). The molecular weight excluding hydrogens is 236 g/mol. The first-order valence-corrected chi connectivity index (χ1v) is 6.08. The van der Waals surface area contributed by atoms with Gasteiger partial charge in [-0.1, -0.05) is 11.6 Å². The Morgan fingerprint density at radius 3 is 3.18 bits per heavy atom. The number of nitrogens with zero attached hydrogens (tertiary/aromatic N) is 2. The molecule has 17 heavy (non-hydrogen) atoms. The van der Waals surface area contributed by atoms with E-state index in [2.05, 4.69) is 20.6 Å². The summed E-state index contributed by atoms with van der Waals surface area (Å²) in [6.07, 6.45) is 2.93. The van der Waals surface area contributed by atoms with E-state index in [1.807, 2.05) is 24.4 Å². The van der Waals surface area contributed by atoms with Crippen LogP contribution in [0.2, 0.25) is 5.02 Å². The second-order valence-corrected chi connectivity index (χ2v) is 4.67. The highest BCUT2D eigenvalue weighted by Crippen LogP contribution is 2.18. The molecular formula is C12H13ClN4. The Bertz CT molecular complexity index is 537. The van der Waals surface area contributed by atoms with Gasteiger partial charge in [-0.3, -0.25) is 0 Å². The number of halogens is 1. The highest BCUT2D eigenvalue weighted by Gasteiger charge is 2.14. The number of nitrogens with one attached hydrogen (secondary N) is 2. The van der Waals surface area contributed by atoms with Crippen LogP contribution in [0.25, 0.3) is 10.9 Å². The lowest BCUT2D eigenvalue weighted by Gasteiger charge is -2.11. The van der Waals surface area contributed by atoms with Crippen molar-refractivity contribution in [2.75, 3.05) is 18.4 Å². The van der Waals surface area contributed by atoms with Crippen molar-refractivity contribution < 1.29 is 0 Å². The molecule has 1 fully saturated rings. The van der Waals surface area contributed by atoms with Crippen LogP contribution in [0.1, 0.15) is 6.42 Å². The van der Waals surface area contributed by atoms with Gasteiger partial charge in [0.25, 0.3) is 0 Å². The Hall–Kier alpha value is -1.39. The number of rotatable bonds is 2. The summed E-state index contributed by atoms with van der Waals surface area (Å²) in [6, 6.07) is 6.06. The van der Waals surface area contributed by atoms with E-state index < -0.39 is 0 Å². The zero-order valence-corrected chi connectivity index (χ0v) is 10.0. The fourth-order valence-corrected chi connectivity index (χ4v) is 2.19. The summed E-state index contributed by atoms with van der Waals surface area (Å²) in [5, 5.41) is 8.33. The molecule has 1 aliphatic rings. The predicted octanol–water partition coefficient (Wildman–Crippen LogP) is 2.06. The molecule has 1 atom stereocenters. The molecule has 1 saturated heterocycles. The third kappa shape index (κ3) is 2.33. The number of aromatic nitrogens is 2. The van der Waals surface area contributed by atoms with Crippen LogP contribution < -0.4 is 10.6 Å². The average molecular weight is 249 g/mol. The second-order valence-electron chi connectivity index (χ2n) is 4.23. The first kappa shape index (κ1) is 10.7. The molecule has 2 aromatic rings. The summed E-state index contributed by atoms with van der Waals surface area (Å²) in [6.45, 7) is 2.02. The molecule has 0 amide bonds. The predicted molar refractivity (Wildman–Crippen MR) is 69.4 cm³/mol. The van der Waals surface area contributed by atoms with Crippen LogP contribution in [-0.4, -0.2) is 29.1 Å². The SMILES string of the molecule is Clc1ccc2cnc(NC3CCNC3)nc2c1. The lowest BCUT2D eigenvalue weighted by molar-refractivity contribution is 0.782. The van der Waals surface area contributed by atoms with Crippen LogP contribution in [0.15, 0.2) is 24.4 Å². The molecule has 3 rings (SSSR count). The third-order valence-electron chi connectivity index (χ3n) is 2.94. The summed E-state index contributed by atoms with van der Waals surface area (Å²) in [5.41, 5.74) is 0.876. The molecule has 1 aromatic heterocycles. The number of hydrogen-bond acceptors (Lipinski definition) is 4. The van der Waals surface area contributed by atoms with E-state index in [1.165, 1.54) is 0 Å². The van der Waals surface area contributed by atoms with Gasteiger partial charge in [-0.2, -0.15) is 0 Å². The van der Waals surface area contributed by atoms with Gasteiger partial charge in [0.15, 0.2) is 0 Å². The van der Waals surface area contributed by atoms with E-state index in [0.717, 1.165) is 30.4 Å². The van der Waals surface area contributed by atoms with Crippen molar-refractivity contribution in [3.8, 4) is 0 Å². The Morgan fingerprint density at radius 1 is 1.41 bits per heavy atom. The van der Waals surface area contributed by atoms with Gasteiger partial charge in [-0.15, -0.1) is 0 Å². The molecule has 1 aromatic carbocycles. The van der Waals surface area contributed by atoms with Gasteiger partial charge in [0, 0.05) is 29.2 Å². The molecule has 2 heterocycles. The summed E-state index contributed by atoms with van der Waals surface area (Å²) < 4.78 is 0. The molecule has 2 N–H and O–H groups in total. The van der Waals surface area contributed by atoms with Gasteiger partial charge in [0.05, 0.1) is 5.52 Å². The van der Waals surface area contributed by atoms with E-state index in [1.54, 1.807) is 0 Å². The molecule has 5 heteroatoms. The second kappa shape index (κ2) is 4.47. The summed E-state index contributed by atoms with van der Waals surface area (Å²) in [4.78, 5) is 8.77. The smallest absolute Gasteiger partial charge is 0.223 e. The molecule has 0 saturated carbocycles. The molecule has 1 unspecified atom stereocenters. The Balaban J connectivity index is 1.89.